The molecule has 0 aliphatic rings. The Morgan fingerprint density at radius 3 is 1.60 bits per heavy atom. The van der Waals surface area contributed by atoms with Crippen molar-refractivity contribution in [1.82, 2.24) is 0 Å². The van der Waals surface area contributed by atoms with E-state index in [9.17, 15) is 0 Å². The van der Waals surface area contributed by atoms with Crippen molar-refractivity contribution in [3.05, 3.63) is 11.6 Å². The van der Waals surface area contributed by atoms with Gasteiger partial charge in [0.1, 0.15) is 0 Å². The van der Waals surface area contributed by atoms with Crippen molar-refractivity contribution in [2.24, 2.45) is 11.3 Å². The first-order valence-electron chi connectivity index (χ1n) is 4.06. The lowest BCUT2D eigenvalue weighted by molar-refractivity contribution is 0.447. The van der Waals surface area contributed by atoms with Crippen LogP contribution in [0.25, 0.3) is 0 Å². The maximum absolute atomic E-state index is 2.27. The van der Waals surface area contributed by atoms with Crippen molar-refractivity contribution < 1.29 is 0 Å². The molecule has 0 atom stereocenters. The molecule has 0 aliphatic carbocycles. The molecule has 0 heteroatoms. The van der Waals surface area contributed by atoms with E-state index >= 15 is 0 Å². The average molecular weight is 140 g/mol. The molecular weight excluding hydrogens is 120 g/mol. The van der Waals surface area contributed by atoms with E-state index < -0.39 is 0 Å². The molecule has 0 aliphatic heterocycles. The zero-order chi connectivity index (χ0) is 8.36. The highest BCUT2D eigenvalue weighted by molar-refractivity contribution is 5.11. The second-order valence-electron chi connectivity index (χ2n) is 4.15. The molecule has 0 amide bonds. The number of hydrogen-bond acceptors (Lipinski definition) is 0. The largest absolute Gasteiger partial charge is 0.0877 e. The maximum Gasteiger partial charge on any atom is -0.0171 e. The van der Waals surface area contributed by atoms with Crippen molar-refractivity contribution in [3.8, 4) is 0 Å². The molecule has 0 fully saturated rings. The van der Waals surface area contributed by atoms with Gasteiger partial charge in [-0.2, -0.15) is 0 Å². The van der Waals surface area contributed by atoms with Crippen LogP contribution < -0.4 is 0 Å². The first-order chi connectivity index (χ1) is 4.39. The zero-order valence-electron chi connectivity index (χ0n) is 8.15. The van der Waals surface area contributed by atoms with Crippen LogP contribution in [0.15, 0.2) is 11.6 Å². The molecule has 0 N–H and O–H groups in total. The minimum atomic E-state index is 0.350. The summed E-state index contributed by atoms with van der Waals surface area (Å²) >= 11 is 0. The van der Waals surface area contributed by atoms with E-state index in [1.807, 2.05) is 0 Å². The van der Waals surface area contributed by atoms with Crippen LogP contribution in [0.2, 0.25) is 0 Å². The predicted molar refractivity (Wildman–Crippen MR) is 48.1 cm³/mol. The van der Waals surface area contributed by atoms with Gasteiger partial charge in [0.2, 0.25) is 0 Å². The van der Waals surface area contributed by atoms with Gasteiger partial charge in [-0.3, -0.25) is 0 Å². The van der Waals surface area contributed by atoms with Gasteiger partial charge in [0.15, 0.2) is 0 Å². The summed E-state index contributed by atoms with van der Waals surface area (Å²) in [5, 5.41) is 0. The lowest BCUT2D eigenvalue weighted by atomic mass is 9.80. The molecule has 0 aromatic carbocycles. The van der Waals surface area contributed by atoms with Crippen LogP contribution in [0.1, 0.15) is 41.5 Å². The first-order valence-corrected chi connectivity index (χ1v) is 4.06. The molecule has 0 heterocycles. The van der Waals surface area contributed by atoms with Gasteiger partial charge in [0, 0.05) is 0 Å². The second kappa shape index (κ2) is 3.23. The van der Waals surface area contributed by atoms with E-state index in [0.29, 0.717) is 11.3 Å². The third-order valence-corrected chi connectivity index (χ3v) is 1.80. The summed E-state index contributed by atoms with van der Waals surface area (Å²) in [6.45, 7) is 13.4. The molecule has 0 bridgehead atoms. The second-order valence-corrected chi connectivity index (χ2v) is 4.15. The molecule has 0 aromatic heterocycles. The molecule has 0 spiro atoms. The van der Waals surface area contributed by atoms with Crippen LogP contribution in [0.4, 0.5) is 0 Å². The fourth-order valence-corrected chi connectivity index (χ4v) is 1.63. The van der Waals surface area contributed by atoms with E-state index in [4.69, 9.17) is 0 Å². The number of allylic oxidation sites excluding steroid dienone is 2. The van der Waals surface area contributed by atoms with E-state index in [2.05, 4.69) is 47.6 Å². The van der Waals surface area contributed by atoms with E-state index in [1.165, 1.54) is 0 Å². The fourth-order valence-electron chi connectivity index (χ4n) is 1.63. The topological polar surface area (TPSA) is 0 Å². The standard InChI is InChI=1S/C10H20/c1-7-9(8(2)3)10(4,5)6/h7-8H,1-6H3. The highest BCUT2D eigenvalue weighted by Crippen LogP contribution is 2.30. The Bertz CT molecular complexity index is 121. The Labute approximate surface area is 65.3 Å². The Kier molecular flexibility index (Phi) is 3.14. The van der Waals surface area contributed by atoms with Gasteiger partial charge in [0.05, 0.1) is 0 Å². The lowest BCUT2D eigenvalue weighted by Gasteiger charge is -2.25. The lowest BCUT2D eigenvalue weighted by Crippen LogP contribution is -2.13. The van der Waals surface area contributed by atoms with Gasteiger partial charge in [-0.1, -0.05) is 46.3 Å². The van der Waals surface area contributed by atoms with Crippen LogP contribution in [0, 0.1) is 11.3 Å². The molecule has 0 unspecified atom stereocenters. The molecular formula is C10H20. The molecule has 0 nitrogen and oxygen atoms in total. The van der Waals surface area contributed by atoms with Gasteiger partial charge >= 0.3 is 0 Å². The molecule has 60 valence electrons. The van der Waals surface area contributed by atoms with Gasteiger partial charge in [0.25, 0.3) is 0 Å². The van der Waals surface area contributed by atoms with Crippen molar-refractivity contribution in [2.45, 2.75) is 41.5 Å². The van der Waals surface area contributed by atoms with Gasteiger partial charge in [-0.05, 0) is 18.3 Å². The predicted octanol–water partition coefficient (Wildman–Crippen LogP) is 3.63. The normalized spacial score (nSPS) is 14.5. The average Bonchev–Trinajstić information content (AvgIpc) is 1.60. The molecule has 0 saturated carbocycles. The van der Waals surface area contributed by atoms with E-state index in [1.54, 1.807) is 5.57 Å². The van der Waals surface area contributed by atoms with Crippen LogP contribution in [-0.4, -0.2) is 0 Å². The molecule has 0 aromatic rings. The Hall–Kier alpha value is -0.260. The smallest absolute Gasteiger partial charge is 0.0171 e. The highest BCUT2D eigenvalue weighted by atomic mass is 14.2. The summed E-state index contributed by atoms with van der Waals surface area (Å²) in [4.78, 5) is 0. The highest BCUT2D eigenvalue weighted by Gasteiger charge is 2.18. The minimum Gasteiger partial charge on any atom is -0.0877 e. The zero-order valence-corrected chi connectivity index (χ0v) is 8.15. The van der Waals surface area contributed by atoms with Gasteiger partial charge < -0.3 is 0 Å². The van der Waals surface area contributed by atoms with Crippen molar-refractivity contribution in [1.29, 1.82) is 0 Å². The van der Waals surface area contributed by atoms with Crippen molar-refractivity contribution in [2.75, 3.05) is 0 Å². The quantitative estimate of drug-likeness (QED) is 0.488. The molecule has 10 heavy (non-hydrogen) atoms. The third kappa shape index (κ3) is 2.55. The minimum absolute atomic E-state index is 0.350. The SMILES string of the molecule is CC=C(C(C)C)C(C)(C)C. The van der Waals surface area contributed by atoms with Gasteiger partial charge in [-0.15, -0.1) is 0 Å². The molecule has 0 saturated heterocycles. The summed E-state index contributed by atoms with van der Waals surface area (Å²) in [5.41, 5.74) is 1.90. The number of hydrogen-bond donors (Lipinski definition) is 0. The van der Waals surface area contributed by atoms with Crippen LogP contribution in [0.3, 0.4) is 0 Å². The Morgan fingerprint density at radius 2 is 1.60 bits per heavy atom. The van der Waals surface area contributed by atoms with Crippen LogP contribution in [0.5, 0.6) is 0 Å². The third-order valence-electron chi connectivity index (χ3n) is 1.80. The van der Waals surface area contributed by atoms with Crippen LogP contribution in [-0.2, 0) is 0 Å². The number of rotatable bonds is 1. The molecule has 0 radical (unpaired) electrons. The fraction of sp³-hybridized carbons (Fsp3) is 0.800. The van der Waals surface area contributed by atoms with E-state index in [-0.39, 0.29) is 0 Å². The summed E-state index contributed by atoms with van der Waals surface area (Å²) in [6, 6.07) is 0. The molecule has 0 rings (SSSR count). The Morgan fingerprint density at radius 1 is 1.20 bits per heavy atom. The first kappa shape index (κ1) is 9.74. The van der Waals surface area contributed by atoms with Crippen molar-refractivity contribution >= 4 is 0 Å². The summed E-state index contributed by atoms with van der Waals surface area (Å²) < 4.78 is 0. The van der Waals surface area contributed by atoms with Crippen molar-refractivity contribution in [3.63, 3.8) is 0 Å². The van der Waals surface area contributed by atoms with E-state index in [0.717, 1.165) is 0 Å². The summed E-state index contributed by atoms with van der Waals surface area (Å²) in [6.07, 6.45) is 2.24. The summed E-state index contributed by atoms with van der Waals surface area (Å²) in [7, 11) is 0. The summed E-state index contributed by atoms with van der Waals surface area (Å²) in [5.74, 6) is 0.685. The van der Waals surface area contributed by atoms with Crippen LogP contribution >= 0.6 is 0 Å². The maximum atomic E-state index is 2.27. The monoisotopic (exact) mass is 140 g/mol. The van der Waals surface area contributed by atoms with Gasteiger partial charge in [-0.25, -0.2) is 0 Å². The Balaban J connectivity index is 4.40.